The summed E-state index contributed by atoms with van der Waals surface area (Å²) in [5.74, 6) is -0.538. The van der Waals surface area contributed by atoms with Crippen molar-refractivity contribution >= 4 is 11.9 Å². The van der Waals surface area contributed by atoms with Gasteiger partial charge in [0.15, 0.2) is 0 Å². The summed E-state index contributed by atoms with van der Waals surface area (Å²) in [6.45, 7) is 0.253. The van der Waals surface area contributed by atoms with Crippen LogP contribution in [0.5, 0.6) is 0 Å². The number of nitrogens with one attached hydrogen (secondary N) is 2. The van der Waals surface area contributed by atoms with Crippen molar-refractivity contribution in [1.82, 2.24) is 15.5 Å². The topological polar surface area (TPSA) is 61.4 Å². The molecule has 2 heterocycles. The van der Waals surface area contributed by atoms with E-state index in [4.69, 9.17) is 0 Å². The lowest BCUT2D eigenvalue weighted by Gasteiger charge is -2.36. The monoisotopic (exact) mass is 237 g/mol. The van der Waals surface area contributed by atoms with Crippen LogP contribution in [0.2, 0.25) is 0 Å². The molecule has 0 spiro atoms. The molecule has 0 bridgehead atoms. The molecule has 0 aliphatic carbocycles. The third-order valence-corrected chi connectivity index (χ3v) is 2.68. The third kappa shape index (κ3) is 1.97. The van der Waals surface area contributed by atoms with Crippen molar-refractivity contribution in [1.29, 1.82) is 0 Å². The number of amides is 3. The second-order valence-electron chi connectivity index (χ2n) is 3.85. The first-order valence-electron chi connectivity index (χ1n) is 4.79. The van der Waals surface area contributed by atoms with E-state index >= 15 is 0 Å². The van der Waals surface area contributed by atoms with Gasteiger partial charge in [0.05, 0.1) is 12.5 Å². The summed E-state index contributed by atoms with van der Waals surface area (Å²) in [5.41, 5.74) is 0. The molecule has 0 saturated carbocycles. The van der Waals surface area contributed by atoms with Crippen molar-refractivity contribution in [3.63, 3.8) is 0 Å². The first-order valence-corrected chi connectivity index (χ1v) is 4.79. The van der Waals surface area contributed by atoms with Crippen LogP contribution in [0.3, 0.4) is 0 Å². The lowest BCUT2D eigenvalue weighted by atomic mass is 10.1. The number of imide groups is 1. The zero-order valence-corrected chi connectivity index (χ0v) is 8.17. The Morgan fingerprint density at radius 1 is 1.31 bits per heavy atom. The Morgan fingerprint density at radius 2 is 2.00 bits per heavy atom. The Bertz CT molecular complexity index is 331. The van der Waals surface area contributed by atoms with Crippen molar-refractivity contribution in [3.8, 4) is 0 Å². The number of halogens is 3. The van der Waals surface area contributed by atoms with Gasteiger partial charge in [-0.1, -0.05) is 0 Å². The van der Waals surface area contributed by atoms with E-state index in [2.05, 4.69) is 5.32 Å². The van der Waals surface area contributed by atoms with Gasteiger partial charge < -0.3 is 10.2 Å². The van der Waals surface area contributed by atoms with Gasteiger partial charge in [0.1, 0.15) is 6.04 Å². The van der Waals surface area contributed by atoms with Crippen molar-refractivity contribution in [2.45, 2.75) is 24.7 Å². The number of fused-ring (bicyclic) bond motifs is 1. The molecule has 2 unspecified atom stereocenters. The highest BCUT2D eigenvalue weighted by atomic mass is 19.4. The molecule has 2 aliphatic heterocycles. The molecule has 16 heavy (non-hydrogen) atoms. The number of nitrogens with zero attached hydrogens (tertiary/aromatic N) is 1. The molecule has 2 rings (SSSR count). The summed E-state index contributed by atoms with van der Waals surface area (Å²) in [5, 5.41) is 4.74. The number of carbonyl (C=O) groups excluding carboxylic acids is 2. The van der Waals surface area contributed by atoms with E-state index in [1.165, 1.54) is 0 Å². The number of hydrogen-bond acceptors (Lipinski definition) is 3. The molecular formula is C8H10F3N3O2. The Labute approximate surface area is 89.0 Å². The van der Waals surface area contributed by atoms with Crippen LogP contribution in [0.1, 0.15) is 6.42 Å². The number of hydrogen-bond donors (Lipinski definition) is 2. The fourth-order valence-corrected chi connectivity index (χ4v) is 2.06. The first kappa shape index (κ1) is 11.2. The fourth-order valence-electron chi connectivity index (χ4n) is 2.06. The van der Waals surface area contributed by atoms with Gasteiger partial charge in [-0.3, -0.25) is 10.1 Å². The normalized spacial score (nSPS) is 30.3. The summed E-state index contributed by atoms with van der Waals surface area (Å²) >= 11 is 0. The maximum atomic E-state index is 12.3. The van der Waals surface area contributed by atoms with Crippen molar-refractivity contribution < 1.29 is 22.8 Å². The van der Waals surface area contributed by atoms with Crippen LogP contribution in [0.25, 0.3) is 0 Å². The van der Waals surface area contributed by atoms with Crippen LogP contribution in [-0.2, 0) is 4.79 Å². The highest BCUT2D eigenvalue weighted by molar-refractivity contribution is 6.04. The smallest absolute Gasteiger partial charge is 0.312 e. The molecule has 5 nitrogen and oxygen atoms in total. The summed E-state index contributed by atoms with van der Waals surface area (Å²) in [6.07, 6.45) is -5.45. The van der Waals surface area contributed by atoms with E-state index in [-0.39, 0.29) is 13.1 Å². The standard InChI is InChI=1S/C8H10F3N3O2/c9-8(10,11)1-4-2-12-3-5-6(15)13-7(16)14(4)5/h4-5,12H,1-3H2,(H,13,15,16). The summed E-state index contributed by atoms with van der Waals surface area (Å²) in [7, 11) is 0. The molecule has 2 aliphatic rings. The molecule has 2 atom stereocenters. The molecule has 0 aromatic rings. The van der Waals surface area contributed by atoms with Crippen molar-refractivity contribution in [2.75, 3.05) is 13.1 Å². The Morgan fingerprint density at radius 3 is 2.62 bits per heavy atom. The van der Waals surface area contributed by atoms with Gasteiger partial charge in [0, 0.05) is 13.1 Å². The molecule has 2 saturated heterocycles. The minimum Gasteiger partial charge on any atom is -0.312 e. The van der Waals surface area contributed by atoms with E-state index < -0.39 is 36.6 Å². The first-order chi connectivity index (χ1) is 7.38. The van der Waals surface area contributed by atoms with E-state index in [1.54, 1.807) is 0 Å². The van der Waals surface area contributed by atoms with Gasteiger partial charge in [-0.2, -0.15) is 13.2 Å². The van der Waals surface area contributed by atoms with Crippen LogP contribution >= 0.6 is 0 Å². The largest absolute Gasteiger partial charge is 0.391 e. The van der Waals surface area contributed by atoms with Gasteiger partial charge in [-0.15, -0.1) is 0 Å². The van der Waals surface area contributed by atoms with Crippen LogP contribution in [-0.4, -0.2) is 48.2 Å². The Balaban J connectivity index is 2.14. The molecule has 2 N–H and O–H groups in total. The fraction of sp³-hybridized carbons (Fsp3) is 0.750. The van der Waals surface area contributed by atoms with E-state index in [1.807, 2.05) is 5.32 Å². The van der Waals surface area contributed by atoms with E-state index in [9.17, 15) is 22.8 Å². The van der Waals surface area contributed by atoms with Crippen LogP contribution in [0.15, 0.2) is 0 Å². The molecule has 0 aromatic heterocycles. The Kier molecular flexibility index (Phi) is 2.53. The minimum atomic E-state index is -4.35. The van der Waals surface area contributed by atoms with Crippen molar-refractivity contribution in [3.05, 3.63) is 0 Å². The number of alkyl halides is 3. The average Bonchev–Trinajstić information content (AvgIpc) is 2.41. The zero-order valence-electron chi connectivity index (χ0n) is 8.17. The summed E-state index contributed by atoms with van der Waals surface area (Å²) in [6, 6.07) is -2.55. The molecule has 8 heteroatoms. The maximum absolute atomic E-state index is 12.3. The van der Waals surface area contributed by atoms with E-state index in [0.717, 1.165) is 4.90 Å². The second-order valence-corrected chi connectivity index (χ2v) is 3.85. The molecule has 90 valence electrons. The summed E-state index contributed by atoms with van der Waals surface area (Å²) in [4.78, 5) is 23.5. The van der Waals surface area contributed by atoms with Gasteiger partial charge in [0.2, 0.25) is 0 Å². The van der Waals surface area contributed by atoms with Gasteiger partial charge >= 0.3 is 12.2 Å². The molecule has 3 amide bonds. The summed E-state index contributed by atoms with van der Waals surface area (Å²) < 4.78 is 36.8. The average molecular weight is 237 g/mol. The second kappa shape index (κ2) is 3.62. The Hall–Kier alpha value is -1.31. The molecule has 2 fully saturated rings. The third-order valence-electron chi connectivity index (χ3n) is 2.68. The minimum absolute atomic E-state index is 0.0523. The van der Waals surface area contributed by atoms with Crippen LogP contribution < -0.4 is 10.6 Å². The van der Waals surface area contributed by atoms with Crippen LogP contribution in [0.4, 0.5) is 18.0 Å². The van der Waals surface area contributed by atoms with Gasteiger partial charge in [-0.25, -0.2) is 4.79 Å². The van der Waals surface area contributed by atoms with Crippen LogP contribution in [0, 0.1) is 0 Å². The highest BCUT2D eigenvalue weighted by Crippen LogP contribution is 2.27. The zero-order chi connectivity index (χ0) is 11.9. The SMILES string of the molecule is O=C1NC(=O)N2C(CC(F)(F)F)CNCC12. The van der Waals surface area contributed by atoms with Gasteiger partial charge in [0.25, 0.3) is 5.91 Å². The lowest BCUT2D eigenvalue weighted by molar-refractivity contribution is -0.148. The number of carbonyl (C=O) groups is 2. The quantitative estimate of drug-likeness (QED) is 0.622. The predicted octanol–water partition coefficient (Wildman–Crippen LogP) is -0.169. The van der Waals surface area contributed by atoms with E-state index in [0.29, 0.717) is 0 Å². The number of rotatable bonds is 1. The highest BCUT2D eigenvalue weighted by Gasteiger charge is 2.47. The molecular weight excluding hydrogens is 227 g/mol. The molecule has 0 radical (unpaired) electrons. The number of urea groups is 1. The lowest BCUT2D eigenvalue weighted by Crippen LogP contribution is -2.58. The number of piperazine rings is 1. The van der Waals surface area contributed by atoms with Gasteiger partial charge in [-0.05, 0) is 0 Å². The van der Waals surface area contributed by atoms with Crippen molar-refractivity contribution in [2.24, 2.45) is 0 Å². The molecule has 0 aromatic carbocycles. The maximum Gasteiger partial charge on any atom is 0.391 e. The predicted molar refractivity (Wildman–Crippen MR) is 46.5 cm³/mol.